The number of hydrogen-bond acceptors (Lipinski definition) is 5. The molecule has 3 rings (SSSR count). The summed E-state index contributed by atoms with van der Waals surface area (Å²) in [5, 5.41) is 15.9. The van der Waals surface area contributed by atoms with Crippen LogP contribution in [-0.4, -0.2) is 21.6 Å². The molecule has 0 unspecified atom stereocenters. The first-order valence-electron chi connectivity index (χ1n) is 6.98. The predicted octanol–water partition coefficient (Wildman–Crippen LogP) is 3.63. The Morgan fingerprint density at radius 3 is 2.78 bits per heavy atom. The van der Waals surface area contributed by atoms with Gasteiger partial charge < -0.3 is 0 Å². The molecule has 0 bridgehead atoms. The third-order valence-electron chi connectivity index (χ3n) is 3.36. The standard InChI is InChI=1S/C16H14N4O2S/c1-11-5-2-3-8-14(11)17-16-19-18-15(10-23-16)12-6-4-7-13(9-12)20(21)22/h2-9H,10H2,1H3,(H,17,19). The minimum absolute atomic E-state index is 0.0644. The van der Waals surface area contributed by atoms with E-state index in [1.165, 1.54) is 23.9 Å². The number of nitrogens with zero attached hydrogens (tertiary/aromatic N) is 3. The zero-order chi connectivity index (χ0) is 16.2. The number of thioether (sulfide) groups is 1. The van der Waals surface area contributed by atoms with Crippen LogP contribution in [0.2, 0.25) is 0 Å². The maximum atomic E-state index is 10.8. The monoisotopic (exact) mass is 326 g/mol. The van der Waals surface area contributed by atoms with Gasteiger partial charge in [-0.3, -0.25) is 15.5 Å². The van der Waals surface area contributed by atoms with Gasteiger partial charge in [-0.1, -0.05) is 42.1 Å². The van der Waals surface area contributed by atoms with Crippen molar-refractivity contribution in [3.63, 3.8) is 0 Å². The minimum atomic E-state index is -0.404. The number of non-ortho nitro benzene ring substituents is 1. The van der Waals surface area contributed by atoms with E-state index in [4.69, 9.17) is 0 Å². The molecule has 1 aliphatic heterocycles. The van der Waals surface area contributed by atoms with E-state index in [2.05, 4.69) is 15.5 Å². The fourth-order valence-corrected chi connectivity index (χ4v) is 2.90. The molecule has 0 saturated heterocycles. The highest BCUT2D eigenvalue weighted by molar-refractivity contribution is 8.14. The Labute approximate surface area is 137 Å². The van der Waals surface area contributed by atoms with Gasteiger partial charge in [0.2, 0.25) is 0 Å². The average Bonchev–Trinajstić information content (AvgIpc) is 2.58. The first-order chi connectivity index (χ1) is 11.1. The number of hydrogen-bond donors (Lipinski definition) is 1. The SMILES string of the molecule is Cc1ccccc1N=C1NN=C(c2cccc([N+](=O)[O-])c2)CS1. The van der Waals surface area contributed by atoms with Gasteiger partial charge in [0.15, 0.2) is 5.17 Å². The second-order valence-corrected chi connectivity index (χ2v) is 5.93. The smallest absolute Gasteiger partial charge is 0.258 e. The third kappa shape index (κ3) is 3.57. The van der Waals surface area contributed by atoms with Gasteiger partial charge in [-0.15, -0.1) is 0 Å². The largest absolute Gasteiger partial charge is 0.270 e. The molecule has 0 amide bonds. The molecule has 0 atom stereocenters. The fraction of sp³-hybridized carbons (Fsp3) is 0.125. The predicted molar refractivity (Wildman–Crippen MR) is 93.5 cm³/mol. The number of benzene rings is 2. The number of nitro benzene ring substituents is 1. The summed E-state index contributed by atoms with van der Waals surface area (Å²) in [7, 11) is 0. The van der Waals surface area contributed by atoms with Crippen LogP contribution < -0.4 is 5.43 Å². The fourth-order valence-electron chi connectivity index (χ4n) is 2.12. The second-order valence-electron chi connectivity index (χ2n) is 4.97. The molecule has 1 aliphatic rings. The third-order valence-corrected chi connectivity index (χ3v) is 4.23. The Kier molecular flexibility index (Phi) is 4.38. The van der Waals surface area contributed by atoms with Crippen LogP contribution >= 0.6 is 11.8 Å². The van der Waals surface area contributed by atoms with Gasteiger partial charge in [0, 0.05) is 23.4 Å². The van der Waals surface area contributed by atoms with E-state index < -0.39 is 4.92 Å². The summed E-state index contributed by atoms with van der Waals surface area (Å²) in [5.74, 6) is 0.610. The number of aryl methyl sites for hydroxylation is 1. The van der Waals surface area contributed by atoms with E-state index in [0.29, 0.717) is 10.9 Å². The van der Waals surface area contributed by atoms with Crippen molar-refractivity contribution in [2.75, 3.05) is 5.75 Å². The van der Waals surface area contributed by atoms with Crippen molar-refractivity contribution in [1.29, 1.82) is 0 Å². The quantitative estimate of drug-likeness (QED) is 0.690. The molecule has 1 N–H and O–H groups in total. The van der Waals surface area contributed by atoms with Gasteiger partial charge in [-0.25, -0.2) is 4.99 Å². The normalized spacial score (nSPS) is 15.9. The van der Waals surface area contributed by atoms with Crippen molar-refractivity contribution < 1.29 is 4.92 Å². The van der Waals surface area contributed by atoms with Gasteiger partial charge in [0.1, 0.15) is 0 Å². The number of rotatable bonds is 3. The number of aliphatic imine (C=N–C) groups is 1. The van der Waals surface area contributed by atoms with Gasteiger partial charge in [-0.2, -0.15) is 5.10 Å². The molecule has 7 heteroatoms. The summed E-state index contributed by atoms with van der Waals surface area (Å²) in [6.07, 6.45) is 0. The lowest BCUT2D eigenvalue weighted by Gasteiger charge is -2.15. The molecule has 0 fully saturated rings. The number of nitro groups is 1. The van der Waals surface area contributed by atoms with Crippen LogP contribution in [0.25, 0.3) is 0 Å². The average molecular weight is 326 g/mol. The Balaban J connectivity index is 1.80. The first kappa shape index (κ1) is 15.2. The van der Waals surface area contributed by atoms with Gasteiger partial charge in [0.05, 0.1) is 16.3 Å². The summed E-state index contributed by atoms with van der Waals surface area (Å²) >= 11 is 1.52. The van der Waals surface area contributed by atoms with Crippen molar-refractivity contribution in [3.05, 3.63) is 69.8 Å². The molecule has 2 aromatic carbocycles. The summed E-state index contributed by atoms with van der Waals surface area (Å²) in [5.41, 5.74) is 6.49. The highest BCUT2D eigenvalue weighted by Gasteiger charge is 2.15. The molecule has 1 heterocycles. The van der Waals surface area contributed by atoms with Crippen molar-refractivity contribution >= 4 is 34.0 Å². The second kappa shape index (κ2) is 6.62. The van der Waals surface area contributed by atoms with E-state index in [1.807, 2.05) is 37.3 Å². The Morgan fingerprint density at radius 2 is 2.09 bits per heavy atom. The van der Waals surface area contributed by atoms with Crippen molar-refractivity contribution in [3.8, 4) is 0 Å². The summed E-state index contributed by atoms with van der Waals surface area (Å²) < 4.78 is 0. The summed E-state index contributed by atoms with van der Waals surface area (Å²) in [6.45, 7) is 2.00. The molecular formula is C16H14N4O2S. The van der Waals surface area contributed by atoms with Crippen molar-refractivity contribution in [2.24, 2.45) is 10.1 Å². The zero-order valence-electron chi connectivity index (χ0n) is 12.4. The van der Waals surface area contributed by atoms with Crippen LogP contribution in [0.5, 0.6) is 0 Å². The van der Waals surface area contributed by atoms with E-state index >= 15 is 0 Å². The topological polar surface area (TPSA) is 79.9 Å². The van der Waals surface area contributed by atoms with E-state index in [0.717, 1.165) is 22.5 Å². The molecular weight excluding hydrogens is 312 g/mol. The maximum Gasteiger partial charge on any atom is 0.270 e. The Hall–Kier alpha value is -2.67. The molecule has 0 saturated carbocycles. The van der Waals surface area contributed by atoms with Crippen LogP contribution in [0, 0.1) is 17.0 Å². The number of para-hydroxylation sites is 1. The van der Waals surface area contributed by atoms with Gasteiger partial charge >= 0.3 is 0 Å². The van der Waals surface area contributed by atoms with Gasteiger partial charge in [-0.05, 0) is 18.6 Å². The number of nitrogens with one attached hydrogen (secondary N) is 1. The molecule has 6 nitrogen and oxygen atoms in total. The lowest BCUT2D eigenvalue weighted by atomic mass is 10.1. The van der Waals surface area contributed by atoms with Crippen LogP contribution in [-0.2, 0) is 0 Å². The molecule has 0 aromatic heterocycles. The van der Waals surface area contributed by atoms with Crippen LogP contribution in [0.15, 0.2) is 58.6 Å². The maximum absolute atomic E-state index is 10.8. The highest BCUT2D eigenvalue weighted by atomic mass is 32.2. The molecule has 2 aromatic rings. The highest BCUT2D eigenvalue weighted by Crippen LogP contribution is 2.22. The minimum Gasteiger partial charge on any atom is -0.258 e. The Morgan fingerprint density at radius 1 is 1.26 bits per heavy atom. The van der Waals surface area contributed by atoms with Crippen LogP contribution in [0.4, 0.5) is 11.4 Å². The summed E-state index contributed by atoms with van der Waals surface area (Å²) in [6, 6.07) is 14.4. The van der Waals surface area contributed by atoms with Crippen LogP contribution in [0.3, 0.4) is 0 Å². The van der Waals surface area contributed by atoms with Crippen LogP contribution in [0.1, 0.15) is 11.1 Å². The molecule has 0 radical (unpaired) electrons. The lowest BCUT2D eigenvalue weighted by molar-refractivity contribution is -0.384. The number of hydrazone groups is 1. The first-order valence-corrected chi connectivity index (χ1v) is 7.96. The molecule has 0 spiro atoms. The lowest BCUT2D eigenvalue weighted by Crippen LogP contribution is -2.25. The molecule has 116 valence electrons. The van der Waals surface area contributed by atoms with Crippen molar-refractivity contribution in [1.82, 2.24) is 5.43 Å². The van der Waals surface area contributed by atoms with Gasteiger partial charge in [0.25, 0.3) is 5.69 Å². The van der Waals surface area contributed by atoms with E-state index in [1.54, 1.807) is 6.07 Å². The molecule has 23 heavy (non-hydrogen) atoms. The number of amidine groups is 1. The van der Waals surface area contributed by atoms with E-state index in [9.17, 15) is 10.1 Å². The molecule has 0 aliphatic carbocycles. The Bertz CT molecular complexity index is 817. The van der Waals surface area contributed by atoms with Crippen molar-refractivity contribution in [2.45, 2.75) is 6.92 Å². The zero-order valence-corrected chi connectivity index (χ0v) is 13.2. The summed E-state index contributed by atoms with van der Waals surface area (Å²) in [4.78, 5) is 15.0. The van der Waals surface area contributed by atoms with E-state index in [-0.39, 0.29) is 5.69 Å².